The van der Waals surface area contributed by atoms with E-state index in [2.05, 4.69) is 42.9 Å². The number of nitrogens with zero attached hydrogens (tertiary/aromatic N) is 2. The first kappa shape index (κ1) is 15.6. The van der Waals surface area contributed by atoms with Crippen LogP contribution in [-0.2, 0) is 9.84 Å². The molecule has 0 aromatic carbocycles. The van der Waals surface area contributed by atoms with E-state index in [9.17, 15) is 8.42 Å². The number of hydrogen-bond acceptors (Lipinski definition) is 3. The molecule has 5 nitrogen and oxygen atoms in total. The highest BCUT2D eigenvalue weighted by atomic mass is 32.2. The molecule has 20 heavy (non-hydrogen) atoms. The van der Waals surface area contributed by atoms with Crippen molar-refractivity contribution in [3.8, 4) is 0 Å². The Morgan fingerprint density at radius 2 is 2.00 bits per heavy atom. The van der Waals surface area contributed by atoms with Crippen LogP contribution >= 0.6 is 0 Å². The van der Waals surface area contributed by atoms with Crippen molar-refractivity contribution >= 4 is 15.8 Å². The molecule has 0 aromatic rings. The maximum Gasteiger partial charge on any atom is 0.194 e. The van der Waals surface area contributed by atoms with E-state index in [1.807, 2.05) is 0 Å². The molecule has 2 saturated heterocycles. The van der Waals surface area contributed by atoms with Crippen LogP contribution in [0.2, 0.25) is 0 Å². The molecular formula is C14H27N3O2S. The summed E-state index contributed by atoms with van der Waals surface area (Å²) in [5.74, 6) is 1.75. The van der Waals surface area contributed by atoms with Gasteiger partial charge in [-0.1, -0.05) is 13.8 Å². The van der Waals surface area contributed by atoms with E-state index in [-0.39, 0.29) is 16.9 Å². The number of likely N-dealkylation sites (tertiary alicyclic amines) is 1. The molecule has 2 heterocycles. The van der Waals surface area contributed by atoms with Gasteiger partial charge in [0.2, 0.25) is 0 Å². The molecule has 2 aliphatic heterocycles. The third kappa shape index (κ3) is 2.67. The van der Waals surface area contributed by atoms with Crippen molar-refractivity contribution in [1.82, 2.24) is 10.2 Å². The fourth-order valence-corrected chi connectivity index (χ4v) is 4.83. The van der Waals surface area contributed by atoms with Crippen LogP contribution in [0.1, 0.15) is 34.1 Å². The molecule has 0 spiro atoms. The van der Waals surface area contributed by atoms with E-state index in [1.54, 1.807) is 7.05 Å². The van der Waals surface area contributed by atoms with Crippen LogP contribution in [0.3, 0.4) is 0 Å². The fourth-order valence-electron chi connectivity index (χ4n) is 2.96. The highest BCUT2D eigenvalue weighted by Gasteiger charge is 2.53. The van der Waals surface area contributed by atoms with Gasteiger partial charge in [-0.3, -0.25) is 4.99 Å². The Bertz CT molecular complexity index is 509. The van der Waals surface area contributed by atoms with Gasteiger partial charge in [0, 0.05) is 31.1 Å². The largest absolute Gasteiger partial charge is 0.356 e. The van der Waals surface area contributed by atoms with Gasteiger partial charge in [-0.15, -0.1) is 0 Å². The number of nitrogens with one attached hydrogen (secondary N) is 1. The Morgan fingerprint density at radius 1 is 1.35 bits per heavy atom. The highest BCUT2D eigenvalue weighted by molar-refractivity contribution is 7.91. The van der Waals surface area contributed by atoms with Crippen LogP contribution in [0.15, 0.2) is 4.99 Å². The van der Waals surface area contributed by atoms with Crippen LogP contribution in [0, 0.1) is 11.3 Å². The lowest BCUT2D eigenvalue weighted by Crippen LogP contribution is -2.72. The minimum atomic E-state index is -2.80. The van der Waals surface area contributed by atoms with Crippen molar-refractivity contribution in [3.05, 3.63) is 0 Å². The first-order valence-corrected chi connectivity index (χ1v) is 9.10. The third-order valence-electron chi connectivity index (χ3n) is 5.23. The molecule has 2 aliphatic rings. The predicted octanol–water partition coefficient (Wildman–Crippen LogP) is 1.12. The molecule has 1 unspecified atom stereocenters. The van der Waals surface area contributed by atoms with Gasteiger partial charge < -0.3 is 10.2 Å². The normalized spacial score (nSPS) is 30.9. The zero-order chi connectivity index (χ0) is 15.2. The molecule has 1 atom stereocenters. The molecule has 0 amide bonds. The van der Waals surface area contributed by atoms with E-state index < -0.39 is 9.84 Å². The number of guanidine groups is 1. The van der Waals surface area contributed by atoms with Crippen molar-refractivity contribution in [2.45, 2.75) is 39.7 Å². The third-order valence-corrected chi connectivity index (χ3v) is 7.06. The molecule has 2 fully saturated rings. The monoisotopic (exact) mass is 301 g/mol. The smallest absolute Gasteiger partial charge is 0.194 e. The first-order chi connectivity index (χ1) is 9.09. The predicted molar refractivity (Wildman–Crippen MR) is 82.7 cm³/mol. The second-order valence-corrected chi connectivity index (χ2v) is 9.45. The summed E-state index contributed by atoms with van der Waals surface area (Å²) >= 11 is 0. The fraction of sp³-hybridized carbons (Fsp3) is 0.929. The number of aliphatic imine (C=N–C) groups is 1. The van der Waals surface area contributed by atoms with Gasteiger partial charge in [-0.25, -0.2) is 8.42 Å². The topological polar surface area (TPSA) is 61.8 Å². The summed E-state index contributed by atoms with van der Waals surface area (Å²) in [6, 6.07) is 0. The van der Waals surface area contributed by atoms with E-state index in [4.69, 9.17) is 0 Å². The van der Waals surface area contributed by atoms with Crippen molar-refractivity contribution in [3.63, 3.8) is 0 Å². The molecule has 0 saturated carbocycles. The van der Waals surface area contributed by atoms with Gasteiger partial charge >= 0.3 is 0 Å². The van der Waals surface area contributed by atoms with Crippen LogP contribution in [0.5, 0.6) is 0 Å². The van der Waals surface area contributed by atoms with Gasteiger partial charge in [0.25, 0.3) is 0 Å². The van der Waals surface area contributed by atoms with Crippen LogP contribution < -0.4 is 5.32 Å². The lowest BCUT2D eigenvalue weighted by atomic mass is 9.65. The van der Waals surface area contributed by atoms with Gasteiger partial charge in [0.05, 0.1) is 11.5 Å². The van der Waals surface area contributed by atoms with Crippen LogP contribution in [0.4, 0.5) is 0 Å². The van der Waals surface area contributed by atoms with E-state index in [0.717, 1.165) is 18.9 Å². The Balaban J connectivity index is 1.92. The molecule has 0 bridgehead atoms. The Labute approximate surface area is 122 Å². The molecule has 6 heteroatoms. The molecule has 0 aromatic heterocycles. The van der Waals surface area contributed by atoms with E-state index in [0.29, 0.717) is 18.1 Å². The molecule has 2 rings (SSSR count). The Kier molecular flexibility index (Phi) is 3.82. The Hall–Kier alpha value is -0.780. The lowest BCUT2D eigenvalue weighted by molar-refractivity contribution is -0.0668. The zero-order valence-corrected chi connectivity index (χ0v) is 14.0. The minimum absolute atomic E-state index is 0.0661. The second kappa shape index (κ2) is 4.90. The average molecular weight is 301 g/mol. The van der Waals surface area contributed by atoms with Gasteiger partial charge in [0.15, 0.2) is 15.8 Å². The maximum atomic E-state index is 11.5. The summed E-state index contributed by atoms with van der Waals surface area (Å²) in [4.78, 5) is 6.62. The second-order valence-electron chi connectivity index (χ2n) is 7.23. The quantitative estimate of drug-likeness (QED) is 0.613. The maximum absolute atomic E-state index is 11.5. The molecule has 0 radical (unpaired) electrons. The van der Waals surface area contributed by atoms with E-state index in [1.165, 1.54) is 0 Å². The van der Waals surface area contributed by atoms with Crippen molar-refractivity contribution < 1.29 is 8.42 Å². The SMILES string of the molecule is CN=C(NCC1CCS(=O)(=O)C1)N1CC(C)(C)C1(C)C. The summed E-state index contributed by atoms with van der Waals surface area (Å²) in [5.41, 5.74) is 0.331. The first-order valence-electron chi connectivity index (χ1n) is 7.28. The van der Waals surface area contributed by atoms with Gasteiger partial charge in [-0.05, 0) is 26.2 Å². The van der Waals surface area contributed by atoms with E-state index >= 15 is 0 Å². The molecule has 1 N–H and O–H groups in total. The van der Waals surface area contributed by atoms with Crippen molar-refractivity contribution in [2.75, 3.05) is 31.6 Å². The highest BCUT2D eigenvalue weighted by Crippen LogP contribution is 2.46. The molecule has 116 valence electrons. The van der Waals surface area contributed by atoms with Gasteiger partial charge in [0.1, 0.15) is 0 Å². The van der Waals surface area contributed by atoms with Crippen LogP contribution in [0.25, 0.3) is 0 Å². The standard InChI is InChI=1S/C14H27N3O2S/c1-13(2)10-17(14(13,3)4)12(15-5)16-8-11-6-7-20(18,19)9-11/h11H,6-10H2,1-5H3,(H,15,16). The van der Waals surface area contributed by atoms with Crippen molar-refractivity contribution in [2.24, 2.45) is 16.3 Å². The zero-order valence-electron chi connectivity index (χ0n) is 13.2. The summed E-state index contributed by atoms with van der Waals surface area (Å²) in [5, 5.41) is 3.36. The van der Waals surface area contributed by atoms with Gasteiger partial charge in [-0.2, -0.15) is 0 Å². The van der Waals surface area contributed by atoms with Crippen molar-refractivity contribution in [1.29, 1.82) is 0 Å². The average Bonchev–Trinajstić information content (AvgIpc) is 2.68. The van der Waals surface area contributed by atoms with Crippen LogP contribution in [-0.4, -0.2) is 56.5 Å². The number of sulfone groups is 1. The number of rotatable bonds is 2. The lowest BCUT2D eigenvalue weighted by Gasteiger charge is -2.62. The molecule has 0 aliphatic carbocycles. The molecular weight excluding hydrogens is 274 g/mol. The summed E-state index contributed by atoms with van der Waals surface area (Å²) in [6.07, 6.45) is 0.765. The minimum Gasteiger partial charge on any atom is -0.356 e. The summed E-state index contributed by atoms with van der Waals surface area (Å²) < 4.78 is 23.0. The summed E-state index contributed by atoms with van der Waals surface area (Å²) in [7, 11) is -1.01. The Morgan fingerprint density at radius 3 is 2.40 bits per heavy atom. The number of hydrogen-bond donors (Lipinski definition) is 1. The summed E-state index contributed by atoms with van der Waals surface area (Å²) in [6.45, 7) is 10.6.